The zero-order valence-electron chi connectivity index (χ0n) is 13.9. The van der Waals surface area contributed by atoms with Crippen LogP contribution in [0.15, 0.2) is 0 Å². The van der Waals surface area contributed by atoms with Gasteiger partial charge in [-0.2, -0.15) is 0 Å². The van der Waals surface area contributed by atoms with Crippen LogP contribution in [0, 0.1) is 13.8 Å². The number of aromatic nitrogens is 1. The smallest absolute Gasteiger partial charge is 0.355 e. The van der Waals surface area contributed by atoms with Gasteiger partial charge in [0.25, 0.3) is 5.91 Å². The highest BCUT2D eigenvalue weighted by Crippen LogP contribution is 2.21. The Balaban J connectivity index is 2.18. The van der Waals surface area contributed by atoms with Crippen molar-refractivity contribution >= 4 is 11.9 Å². The van der Waals surface area contributed by atoms with Crippen molar-refractivity contribution < 1.29 is 14.3 Å². The van der Waals surface area contributed by atoms with Crippen LogP contribution in [0.25, 0.3) is 0 Å². The Kier molecular flexibility index (Phi) is 5.24. The van der Waals surface area contributed by atoms with Crippen molar-refractivity contribution in [2.45, 2.75) is 27.7 Å². The number of likely N-dealkylation sites (N-methyl/N-ethyl adjacent to an activating group) is 1. The number of H-pyrrole nitrogens is 1. The number of piperazine rings is 1. The predicted molar refractivity (Wildman–Crippen MR) is 84.2 cm³/mol. The summed E-state index contributed by atoms with van der Waals surface area (Å²) in [6, 6.07) is 0. The minimum atomic E-state index is -0.405. The van der Waals surface area contributed by atoms with Gasteiger partial charge >= 0.3 is 5.97 Å². The summed E-state index contributed by atoms with van der Waals surface area (Å²) in [5.41, 5.74) is 2.39. The van der Waals surface area contributed by atoms with E-state index >= 15 is 0 Å². The van der Waals surface area contributed by atoms with E-state index < -0.39 is 5.97 Å². The average Bonchev–Trinajstić information content (AvgIpc) is 2.82. The summed E-state index contributed by atoms with van der Waals surface area (Å²) in [6.45, 7) is 12.1. The first kappa shape index (κ1) is 16.5. The van der Waals surface area contributed by atoms with Crippen molar-refractivity contribution in [3.63, 3.8) is 0 Å². The fourth-order valence-corrected chi connectivity index (χ4v) is 2.90. The maximum Gasteiger partial charge on any atom is 0.355 e. The van der Waals surface area contributed by atoms with Crippen LogP contribution in [-0.2, 0) is 4.74 Å². The third-order valence-electron chi connectivity index (χ3n) is 4.24. The fraction of sp³-hybridized carbons (Fsp3) is 0.625. The molecule has 122 valence electrons. The van der Waals surface area contributed by atoms with Crippen LogP contribution in [0.3, 0.4) is 0 Å². The standard InChI is InChI=1S/C16H25N3O3/c1-5-18-7-9-19(10-8-18)15(20)13-11(3)14(17-12(13)4)16(21)22-6-2/h17H,5-10H2,1-4H3. The molecule has 0 bridgehead atoms. The lowest BCUT2D eigenvalue weighted by molar-refractivity contribution is 0.0519. The molecule has 1 N–H and O–H groups in total. The summed E-state index contributed by atoms with van der Waals surface area (Å²) in [5.74, 6) is -0.407. The molecule has 1 aliphatic heterocycles. The van der Waals surface area contributed by atoms with Gasteiger partial charge in [0.1, 0.15) is 5.69 Å². The van der Waals surface area contributed by atoms with Crippen molar-refractivity contribution in [3.8, 4) is 0 Å². The number of hydrogen-bond acceptors (Lipinski definition) is 4. The number of ether oxygens (including phenoxy) is 1. The molecule has 0 aromatic carbocycles. The largest absolute Gasteiger partial charge is 0.461 e. The van der Waals surface area contributed by atoms with Crippen LogP contribution in [-0.4, -0.2) is 66.0 Å². The maximum atomic E-state index is 12.8. The van der Waals surface area contributed by atoms with Crippen LogP contribution in [0.1, 0.15) is 46.0 Å². The highest BCUT2D eigenvalue weighted by Gasteiger charge is 2.27. The number of aromatic amines is 1. The number of nitrogens with zero attached hydrogens (tertiary/aromatic N) is 2. The molecule has 1 amide bonds. The summed E-state index contributed by atoms with van der Waals surface area (Å²) in [7, 11) is 0. The van der Waals surface area contributed by atoms with Crippen molar-refractivity contribution in [2.75, 3.05) is 39.3 Å². The van der Waals surface area contributed by atoms with Gasteiger partial charge in [0.15, 0.2) is 0 Å². The summed E-state index contributed by atoms with van der Waals surface area (Å²) >= 11 is 0. The second-order valence-corrected chi connectivity index (χ2v) is 5.57. The highest BCUT2D eigenvalue weighted by atomic mass is 16.5. The summed E-state index contributed by atoms with van der Waals surface area (Å²) in [5, 5.41) is 0. The zero-order valence-corrected chi connectivity index (χ0v) is 13.9. The third-order valence-corrected chi connectivity index (χ3v) is 4.24. The number of amides is 1. The molecule has 1 aromatic heterocycles. The van der Waals surface area contributed by atoms with Crippen molar-refractivity contribution in [3.05, 3.63) is 22.5 Å². The number of carbonyl (C=O) groups is 2. The van der Waals surface area contributed by atoms with Gasteiger partial charge in [0.05, 0.1) is 12.2 Å². The molecule has 0 spiro atoms. The lowest BCUT2D eigenvalue weighted by Gasteiger charge is -2.34. The Hall–Kier alpha value is -1.82. The van der Waals surface area contributed by atoms with E-state index in [1.54, 1.807) is 13.8 Å². The summed E-state index contributed by atoms with van der Waals surface area (Å²) in [4.78, 5) is 31.9. The van der Waals surface area contributed by atoms with Crippen molar-refractivity contribution in [2.24, 2.45) is 0 Å². The van der Waals surface area contributed by atoms with E-state index in [0.29, 0.717) is 23.4 Å². The van der Waals surface area contributed by atoms with Crippen LogP contribution in [0.2, 0.25) is 0 Å². The molecule has 0 unspecified atom stereocenters. The number of esters is 1. The van der Waals surface area contributed by atoms with Gasteiger partial charge in [-0.25, -0.2) is 4.79 Å². The van der Waals surface area contributed by atoms with E-state index in [4.69, 9.17) is 4.74 Å². The molecule has 1 saturated heterocycles. The number of carbonyl (C=O) groups excluding carboxylic acids is 2. The number of rotatable bonds is 4. The highest BCUT2D eigenvalue weighted by molar-refractivity contribution is 6.01. The van der Waals surface area contributed by atoms with Gasteiger partial charge in [-0.3, -0.25) is 4.79 Å². The van der Waals surface area contributed by atoms with Crippen molar-refractivity contribution in [1.29, 1.82) is 0 Å². The second kappa shape index (κ2) is 6.96. The van der Waals surface area contributed by atoms with Gasteiger partial charge in [-0.1, -0.05) is 6.92 Å². The number of nitrogens with one attached hydrogen (secondary N) is 1. The van der Waals surface area contributed by atoms with Gasteiger partial charge < -0.3 is 19.5 Å². The lowest BCUT2D eigenvalue weighted by atomic mass is 10.1. The van der Waals surface area contributed by atoms with E-state index in [-0.39, 0.29) is 5.91 Å². The predicted octanol–water partition coefficient (Wildman–Crippen LogP) is 1.59. The normalized spacial score (nSPS) is 15.9. The maximum absolute atomic E-state index is 12.8. The molecule has 0 atom stereocenters. The van der Waals surface area contributed by atoms with E-state index in [1.165, 1.54) is 0 Å². The van der Waals surface area contributed by atoms with E-state index in [0.717, 1.165) is 38.4 Å². The molecule has 6 nitrogen and oxygen atoms in total. The Morgan fingerprint density at radius 2 is 1.77 bits per heavy atom. The van der Waals surface area contributed by atoms with Crippen molar-refractivity contribution in [1.82, 2.24) is 14.8 Å². The Bertz CT molecular complexity index is 557. The fourth-order valence-electron chi connectivity index (χ4n) is 2.90. The zero-order chi connectivity index (χ0) is 16.3. The minimum absolute atomic E-state index is 0.00227. The summed E-state index contributed by atoms with van der Waals surface area (Å²) in [6.07, 6.45) is 0. The molecule has 1 aromatic rings. The Morgan fingerprint density at radius 3 is 2.32 bits per heavy atom. The first-order valence-electron chi connectivity index (χ1n) is 7.87. The molecular weight excluding hydrogens is 282 g/mol. The molecule has 0 radical (unpaired) electrons. The molecule has 1 fully saturated rings. The molecule has 0 saturated carbocycles. The van der Waals surface area contributed by atoms with Gasteiger partial charge in [-0.05, 0) is 32.9 Å². The van der Waals surface area contributed by atoms with Crippen LogP contribution >= 0.6 is 0 Å². The minimum Gasteiger partial charge on any atom is -0.461 e. The Labute approximate surface area is 131 Å². The molecule has 1 aliphatic rings. The SMILES string of the molecule is CCOC(=O)c1[nH]c(C)c(C(=O)N2CCN(CC)CC2)c1C. The average molecular weight is 307 g/mol. The molecule has 2 heterocycles. The van der Waals surface area contributed by atoms with Crippen LogP contribution < -0.4 is 0 Å². The monoisotopic (exact) mass is 307 g/mol. The van der Waals surface area contributed by atoms with Crippen LogP contribution in [0.5, 0.6) is 0 Å². The second-order valence-electron chi connectivity index (χ2n) is 5.57. The van der Waals surface area contributed by atoms with E-state index in [1.807, 2.05) is 11.8 Å². The van der Waals surface area contributed by atoms with Gasteiger partial charge in [0, 0.05) is 31.9 Å². The topological polar surface area (TPSA) is 65.6 Å². The van der Waals surface area contributed by atoms with Gasteiger partial charge in [-0.15, -0.1) is 0 Å². The summed E-state index contributed by atoms with van der Waals surface area (Å²) < 4.78 is 5.03. The molecule has 22 heavy (non-hydrogen) atoms. The number of aryl methyl sites for hydroxylation is 1. The van der Waals surface area contributed by atoms with E-state index in [2.05, 4.69) is 16.8 Å². The van der Waals surface area contributed by atoms with E-state index in [9.17, 15) is 9.59 Å². The molecule has 6 heteroatoms. The molecular formula is C16H25N3O3. The first-order chi connectivity index (χ1) is 10.5. The lowest BCUT2D eigenvalue weighted by Crippen LogP contribution is -2.48. The van der Waals surface area contributed by atoms with Crippen LogP contribution in [0.4, 0.5) is 0 Å². The Morgan fingerprint density at radius 1 is 1.14 bits per heavy atom. The molecule has 0 aliphatic carbocycles. The first-order valence-corrected chi connectivity index (χ1v) is 7.87. The third kappa shape index (κ3) is 3.16. The number of hydrogen-bond donors (Lipinski definition) is 1. The molecule has 2 rings (SSSR count). The quantitative estimate of drug-likeness (QED) is 0.858. The van der Waals surface area contributed by atoms with Gasteiger partial charge in [0.2, 0.25) is 0 Å².